The van der Waals surface area contributed by atoms with E-state index in [0.29, 0.717) is 5.56 Å². The minimum atomic E-state index is -1.06. The summed E-state index contributed by atoms with van der Waals surface area (Å²) in [5.41, 5.74) is -0.191. The van der Waals surface area contributed by atoms with Gasteiger partial charge < -0.3 is 9.84 Å². The van der Waals surface area contributed by atoms with Crippen molar-refractivity contribution in [1.82, 2.24) is 9.97 Å². The lowest BCUT2D eigenvalue weighted by Crippen LogP contribution is -2.24. The summed E-state index contributed by atoms with van der Waals surface area (Å²) >= 11 is 11.2. The molecular formula is C16H16Cl2N2O4. The van der Waals surface area contributed by atoms with Gasteiger partial charge in [-0.2, -0.15) is 0 Å². The van der Waals surface area contributed by atoms with Crippen molar-refractivity contribution in [2.45, 2.75) is 26.4 Å². The molecule has 0 aliphatic rings. The third-order valence-electron chi connectivity index (χ3n) is 2.37. The minimum Gasteiger partial charge on any atom is -0.478 e. The molecule has 0 bridgehead atoms. The molecule has 0 aliphatic heterocycles. The van der Waals surface area contributed by atoms with Gasteiger partial charge in [0.1, 0.15) is 15.9 Å². The van der Waals surface area contributed by atoms with Crippen LogP contribution in [-0.4, -0.2) is 32.6 Å². The van der Waals surface area contributed by atoms with E-state index in [1.165, 1.54) is 24.5 Å². The number of halogens is 2. The molecule has 0 amide bonds. The number of hydrogen-bond acceptors (Lipinski definition) is 5. The molecule has 6 nitrogen and oxygen atoms in total. The van der Waals surface area contributed by atoms with Crippen LogP contribution in [0.4, 0.5) is 0 Å². The Morgan fingerprint density at radius 2 is 1.46 bits per heavy atom. The fourth-order valence-electron chi connectivity index (χ4n) is 1.42. The fourth-order valence-corrected chi connectivity index (χ4v) is 1.81. The van der Waals surface area contributed by atoms with Crippen LogP contribution in [0.1, 0.15) is 41.5 Å². The molecule has 0 fully saturated rings. The SMILES string of the molecule is CC(C)(C)OC(=O)c1cccnc1Cl.O=C(O)c1cccnc1Cl. The van der Waals surface area contributed by atoms with Gasteiger partial charge in [-0.25, -0.2) is 19.6 Å². The molecule has 0 spiro atoms. The predicted octanol–water partition coefficient (Wildman–Crippen LogP) is 4.12. The maximum atomic E-state index is 11.5. The van der Waals surface area contributed by atoms with Gasteiger partial charge in [-0.1, -0.05) is 23.2 Å². The molecule has 0 unspecified atom stereocenters. The zero-order chi connectivity index (χ0) is 18.3. The molecule has 24 heavy (non-hydrogen) atoms. The first-order chi connectivity index (χ1) is 11.1. The van der Waals surface area contributed by atoms with Crippen molar-refractivity contribution in [3.8, 4) is 0 Å². The molecule has 0 aliphatic carbocycles. The van der Waals surface area contributed by atoms with E-state index in [0.717, 1.165) is 0 Å². The number of hydrogen-bond donors (Lipinski definition) is 1. The molecule has 2 aromatic rings. The van der Waals surface area contributed by atoms with Gasteiger partial charge in [0, 0.05) is 12.4 Å². The first-order valence-electron chi connectivity index (χ1n) is 6.79. The van der Waals surface area contributed by atoms with Crippen molar-refractivity contribution in [2.75, 3.05) is 0 Å². The van der Waals surface area contributed by atoms with Crippen LogP contribution in [0.5, 0.6) is 0 Å². The number of carboxylic acid groups (broad SMARTS) is 1. The summed E-state index contributed by atoms with van der Waals surface area (Å²) in [6.45, 7) is 5.40. The maximum absolute atomic E-state index is 11.5. The van der Waals surface area contributed by atoms with Crippen LogP contribution >= 0.6 is 23.2 Å². The maximum Gasteiger partial charge on any atom is 0.341 e. The third-order valence-corrected chi connectivity index (χ3v) is 2.97. The van der Waals surface area contributed by atoms with Crippen LogP contribution in [0.25, 0.3) is 0 Å². The number of esters is 1. The number of carbonyl (C=O) groups is 2. The van der Waals surface area contributed by atoms with Crippen LogP contribution in [-0.2, 0) is 4.74 Å². The normalized spacial score (nSPS) is 10.4. The van der Waals surface area contributed by atoms with Gasteiger partial charge in [-0.3, -0.25) is 0 Å². The highest BCUT2D eigenvalue weighted by atomic mass is 35.5. The number of rotatable bonds is 2. The summed E-state index contributed by atoms with van der Waals surface area (Å²) < 4.78 is 5.14. The average Bonchev–Trinajstić information content (AvgIpc) is 2.46. The molecule has 0 radical (unpaired) electrons. The summed E-state index contributed by atoms with van der Waals surface area (Å²) in [6.07, 6.45) is 2.96. The Labute approximate surface area is 149 Å². The van der Waals surface area contributed by atoms with Crippen molar-refractivity contribution >= 4 is 35.1 Å². The highest BCUT2D eigenvalue weighted by Gasteiger charge is 2.19. The average molecular weight is 371 g/mol. The van der Waals surface area contributed by atoms with Crippen molar-refractivity contribution in [3.05, 3.63) is 58.1 Å². The highest BCUT2D eigenvalue weighted by molar-refractivity contribution is 6.32. The van der Waals surface area contributed by atoms with Gasteiger partial charge in [0.2, 0.25) is 0 Å². The molecule has 0 aromatic carbocycles. The summed E-state index contributed by atoms with van der Waals surface area (Å²) in [5, 5.41) is 8.63. The van der Waals surface area contributed by atoms with Crippen molar-refractivity contribution < 1.29 is 19.4 Å². The Bertz CT molecular complexity index is 730. The number of carbonyl (C=O) groups excluding carboxylic acids is 1. The molecule has 0 saturated heterocycles. The fraction of sp³-hybridized carbons (Fsp3) is 0.250. The zero-order valence-electron chi connectivity index (χ0n) is 13.3. The van der Waals surface area contributed by atoms with Crippen LogP contribution in [0, 0.1) is 0 Å². The van der Waals surface area contributed by atoms with Gasteiger partial charge in [-0.05, 0) is 45.0 Å². The number of nitrogens with zero attached hydrogens (tertiary/aromatic N) is 2. The van der Waals surface area contributed by atoms with E-state index in [1.54, 1.807) is 32.9 Å². The molecule has 2 rings (SSSR count). The Balaban J connectivity index is 0.000000254. The summed E-state index contributed by atoms with van der Waals surface area (Å²) in [4.78, 5) is 29.2. The second-order valence-electron chi connectivity index (χ2n) is 5.49. The quantitative estimate of drug-likeness (QED) is 0.631. The van der Waals surface area contributed by atoms with Crippen LogP contribution in [0.3, 0.4) is 0 Å². The Morgan fingerprint density at radius 3 is 1.79 bits per heavy atom. The molecule has 1 N–H and O–H groups in total. The first kappa shape index (κ1) is 19.9. The standard InChI is InChI=1S/C10H12ClNO2.C6H4ClNO2/c1-10(2,3)14-9(13)7-5-4-6-12-8(7)11;7-5-4(6(9)10)2-1-3-8-5/h4-6H,1-3H3;1-3H,(H,9,10). The second kappa shape index (κ2) is 8.61. The van der Waals surface area contributed by atoms with E-state index < -0.39 is 17.5 Å². The Morgan fingerprint density at radius 1 is 1.00 bits per heavy atom. The minimum absolute atomic E-state index is 0.0231. The topological polar surface area (TPSA) is 89.4 Å². The number of pyridine rings is 2. The molecule has 2 aromatic heterocycles. The highest BCUT2D eigenvalue weighted by Crippen LogP contribution is 2.16. The predicted molar refractivity (Wildman–Crippen MR) is 90.6 cm³/mol. The van der Waals surface area contributed by atoms with Gasteiger partial charge in [0.15, 0.2) is 0 Å². The van der Waals surface area contributed by atoms with E-state index in [4.69, 9.17) is 33.0 Å². The smallest absolute Gasteiger partial charge is 0.341 e. The summed E-state index contributed by atoms with van der Waals surface area (Å²) in [5.74, 6) is -1.51. The molecule has 0 atom stereocenters. The summed E-state index contributed by atoms with van der Waals surface area (Å²) in [7, 11) is 0. The van der Waals surface area contributed by atoms with E-state index in [-0.39, 0.29) is 15.9 Å². The summed E-state index contributed by atoms with van der Waals surface area (Å²) in [6, 6.07) is 6.15. The lowest BCUT2D eigenvalue weighted by Gasteiger charge is -2.19. The van der Waals surface area contributed by atoms with E-state index in [2.05, 4.69) is 9.97 Å². The van der Waals surface area contributed by atoms with E-state index >= 15 is 0 Å². The number of aromatic nitrogens is 2. The van der Waals surface area contributed by atoms with Crippen molar-refractivity contribution in [1.29, 1.82) is 0 Å². The molecule has 8 heteroatoms. The number of aromatic carboxylic acids is 1. The number of ether oxygens (including phenoxy) is 1. The van der Waals surface area contributed by atoms with E-state index in [9.17, 15) is 9.59 Å². The zero-order valence-corrected chi connectivity index (χ0v) is 14.8. The molecular weight excluding hydrogens is 355 g/mol. The monoisotopic (exact) mass is 370 g/mol. The number of carboxylic acids is 1. The Hall–Kier alpha value is -2.18. The van der Waals surface area contributed by atoms with Gasteiger partial charge in [-0.15, -0.1) is 0 Å². The van der Waals surface area contributed by atoms with Crippen molar-refractivity contribution in [3.63, 3.8) is 0 Å². The first-order valence-corrected chi connectivity index (χ1v) is 7.55. The molecule has 128 valence electrons. The lowest BCUT2D eigenvalue weighted by atomic mass is 10.2. The third kappa shape index (κ3) is 6.52. The largest absolute Gasteiger partial charge is 0.478 e. The lowest BCUT2D eigenvalue weighted by molar-refractivity contribution is 0.00691. The van der Waals surface area contributed by atoms with Gasteiger partial charge in [0.25, 0.3) is 0 Å². The second-order valence-corrected chi connectivity index (χ2v) is 6.21. The van der Waals surface area contributed by atoms with E-state index in [1.807, 2.05) is 0 Å². The van der Waals surface area contributed by atoms with Crippen LogP contribution in [0.15, 0.2) is 36.7 Å². The molecule has 2 heterocycles. The van der Waals surface area contributed by atoms with Crippen molar-refractivity contribution in [2.24, 2.45) is 0 Å². The van der Waals surface area contributed by atoms with Gasteiger partial charge in [0.05, 0.1) is 11.1 Å². The molecule has 0 saturated carbocycles. The Kier molecular flexibility index (Phi) is 7.13. The van der Waals surface area contributed by atoms with Crippen LogP contribution in [0.2, 0.25) is 10.3 Å². The van der Waals surface area contributed by atoms with Crippen LogP contribution < -0.4 is 0 Å². The van der Waals surface area contributed by atoms with Gasteiger partial charge >= 0.3 is 11.9 Å².